The smallest absolute Gasteiger partial charge is 0.255 e. The molecule has 1 aliphatic rings. The van der Waals surface area contributed by atoms with E-state index < -0.39 is 0 Å². The maximum absolute atomic E-state index is 12.7. The summed E-state index contributed by atoms with van der Waals surface area (Å²) in [6.07, 6.45) is 1.38. The summed E-state index contributed by atoms with van der Waals surface area (Å²) >= 11 is 6.26. The van der Waals surface area contributed by atoms with Crippen LogP contribution in [0.2, 0.25) is 5.02 Å². The van der Waals surface area contributed by atoms with E-state index >= 15 is 0 Å². The van der Waals surface area contributed by atoms with E-state index in [4.69, 9.17) is 16.3 Å². The van der Waals surface area contributed by atoms with Crippen LogP contribution in [0, 0.1) is 0 Å². The Labute approximate surface area is 180 Å². The second kappa shape index (κ2) is 9.01. The molecule has 0 saturated carbocycles. The highest BCUT2D eigenvalue weighted by atomic mass is 35.5. The Bertz CT molecular complexity index is 1050. The summed E-state index contributed by atoms with van der Waals surface area (Å²) in [4.78, 5) is 26.4. The average molecular weight is 421 g/mol. The fourth-order valence-corrected chi connectivity index (χ4v) is 3.49. The molecular weight excluding hydrogens is 400 g/mol. The number of ether oxygens (including phenoxy) is 1. The van der Waals surface area contributed by atoms with Gasteiger partial charge in [-0.1, -0.05) is 41.9 Å². The van der Waals surface area contributed by atoms with Gasteiger partial charge in [0.25, 0.3) is 5.91 Å². The van der Waals surface area contributed by atoms with Gasteiger partial charge in [-0.25, -0.2) is 0 Å². The van der Waals surface area contributed by atoms with Gasteiger partial charge in [0.15, 0.2) is 0 Å². The standard InChI is InChI=1S/C24H21ClN2O3/c25-21-13-12-19(27-14-4-7-23(27)28)15-22(21)26-24(29)18-10-8-17(9-11-18)16-30-20-5-2-1-3-6-20/h1-3,5-6,8-13,15H,4,7,14,16H2,(H,26,29). The highest BCUT2D eigenvalue weighted by Crippen LogP contribution is 2.30. The van der Waals surface area contributed by atoms with E-state index in [0.717, 1.165) is 23.4 Å². The van der Waals surface area contributed by atoms with E-state index in [1.54, 1.807) is 35.2 Å². The Morgan fingerprint density at radius 2 is 1.80 bits per heavy atom. The molecule has 152 valence electrons. The van der Waals surface area contributed by atoms with Crippen LogP contribution in [-0.2, 0) is 11.4 Å². The number of rotatable bonds is 6. The average Bonchev–Trinajstić information content (AvgIpc) is 3.21. The molecule has 1 aliphatic heterocycles. The van der Waals surface area contributed by atoms with E-state index in [-0.39, 0.29) is 11.8 Å². The van der Waals surface area contributed by atoms with Gasteiger partial charge < -0.3 is 15.0 Å². The zero-order chi connectivity index (χ0) is 20.9. The fourth-order valence-electron chi connectivity index (χ4n) is 3.33. The van der Waals surface area contributed by atoms with Crippen molar-refractivity contribution < 1.29 is 14.3 Å². The number of para-hydroxylation sites is 1. The van der Waals surface area contributed by atoms with Gasteiger partial charge in [-0.05, 0) is 54.4 Å². The lowest BCUT2D eigenvalue weighted by Crippen LogP contribution is -2.23. The van der Waals surface area contributed by atoms with Crippen LogP contribution < -0.4 is 15.0 Å². The van der Waals surface area contributed by atoms with Crippen molar-refractivity contribution in [2.45, 2.75) is 19.4 Å². The summed E-state index contributed by atoms with van der Waals surface area (Å²) in [5, 5.41) is 3.27. The molecule has 4 rings (SSSR count). The molecule has 1 saturated heterocycles. The molecule has 1 N–H and O–H groups in total. The van der Waals surface area contributed by atoms with Crippen molar-refractivity contribution in [3.8, 4) is 5.75 Å². The summed E-state index contributed by atoms with van der Waals surface area (Å²) < 4.78 is 5.72. The molecule has 5 nitrogen and oxygen atoms in total. The molecular formula is C24H21ClN2O3. The number of hydrogen-bond acceptors (Lipinski definition) is 3. The maximum atomic E-state index is 12.7. The monoisotopic (exact) mass is 420 g/mol. The predicted molar refractivity (Wildman–Crippen MR) is 118 cm³/mol. The maximum Gasteiger partial charge on any atom is 0.255 e. The molecule has 6 heteroatoms. The molecule has 0 unspecified atom stereocenters. The summed E-state index contributed by atoms with van der Waals surface area (Å²) in [7, 11) is 0. The molecule has 0 bridgehead atoms. The zero-order valence-electron chi connectivity index (χ0n) is 16.3. The minimum atomic E-state index is -0.266. The summed E-state index contributed by atoms with van der Waals surface area (Å²) in [6.45, 7) is 1.10. The molecule has 1 fully saturated rings. The Balaban J connectivity index is 1.41. The molecule has 30 heavy (non-hydrogen) atoms. The first kappa shape index (κ1) is 20.0. The van der Waals surface area contributed by atoms with E-state index in [9.17, 15) is 9.59 Å². The van der Waals surface area contributed by atoms with E-state index in [2.05, 4.69) is 5.32 Å². The van der Waals surface area contributed by atoms with Crippen molar-refractivity contribution in [3.05, 3.63) is 88.9 Å². The van der Waals surface area contributed by atoms with Crippen LogP contribution >= 0.6 is 11.6 Å². The summed E-state index contributed by atoms with van der Waals surface area (Å²) in [5.41, 5.74) is 2.70. The summed E-state index contributed by atoms with van der Waals surface area (Å²) in [6, 6.07) is 22.0. The lowest BCUT2D eigenvalue weighted by molar-refractivity contribution is -0.117. The lowest BCUT2D eigenvalue weighted by atomic mass is 10.1. The number of anilines is 2. The van der Waals surface area contributed by atoms with Crippen molar-refractivity contribution in [1.82, 2.24) is 0 Å². The highest BCUT2D eigenvalue weighted by Gasteiger charge is 2.22. The SMILES string of the molecule is O=C(Nc1cc(N2CCCC2=O)ccc1Cl)c1ccc(COc2ccccc2)cc1. The van der Waals surface area contributed by atoms with E-state index in [1.165, 1.54) is 0 Å². The number of nitrogens with zero attached hydrogens (tertiary/aromatic N) is 1. The number of carbonyl (C=O) groups excluding carboxylic acids is 2. The lowest BCUT2D eigenvalue weighted by Gasteiger charge is -2.17. The van der Waals surface area contributed by atoms with Gasteiger partial charge in [0, 0.05) is 24.2 Å². The molecule has 0 aromatic heterocycles. The zero-order valence-corrected chi connectivity index (χ0v) is 17.1. The van der Waals surface area contributed by atoms with Crippen LogP contribution in [-0.4, -0.2) is 18.4 Å². The molecule has 1 heterocycles. The van der Waals surface area contributed by atoms with Crippen molar-refractivity contribution in [2.75, 3.05) is 16.8 Å². The fraction of sp³-hybridized carbons (Fsp3) is 0.167. The first-order chi connectivity index (χ1) is 14.6. The predicted octanol–water partition coefficient (Wildman–Crippen LogP) is 5.30. The van der Waals surface area contributed by atoms with Gasteiger partial charge in [-0.15, -0.1) is 0 Å². The normalized spacial score (nSPS) is 13.4. The third-order valence-electron chi connectivity index (χ3n) is 4.95. The number of halogens is 1. The van der Waals surface area contributed by atoms with Gasteiger partial charge in [0.2, 0.25) is 5.91 Å². The molecule has 0 atom stereocenters. The van der Waals surface area contributed by atoms with Gasteiger partial charge in [-0.3, -0.25) is 9.59 Å². The molecule has 2 amide bonds. The molecule has 3 aromatic rings. The van der Waals surface area contributed by atoms with Crippen molar-refractivity contribution >= 4 is 34.8 Å². The molecule has 3 aromatic carbocycles. The number of benzene rings is 3. The Morgan fingerprint density at radius 1 is 1.03 bits per heavy atom. The molecule has 0 aliphatic carbocycles. The first-order valence-corrected chi connectivity index (χ1v) is 10.2. The van der Waals surface area contributed by atoms with Crippen LogP contribution in [0.1, 0.15) is 28.8 Å². The Morgan fingerprint density at radius 3 is 2.50 bits per heavy atom. The van der Waals surface area contributed by atoms with Crippen LogP contribution in [0.4, 0.5) is 11.4 Å². The second-order valence-electron chi connectivity index (χ2n) is 7.07. The molecule has 0 spiro atoms. The minimum Gasteiger partial charge on any atom is -0.489 e. The van der Waals surface area contributed by atoms with Crippen molar-refractivity contribution in [3.63, 3.8) is 0 Å². The topological polar surface area (TPSA) is 58.6 Å². The van der Waals surface area contributed by atoms with E-state index in [1.807, 2.05) is 42.5 Å². The number of amides is 2. The quantitative estimate of drug-likeness (QED) is 0.588. The second-order valence-corrected chi connectivity index (χ2v) is 7.47. The third-order valence-corrected chi connectivity index (χ3v) is 5.28. The van der Waals surface area contributed by atoms with Crippen molar-refractivity contribution in [2.24, 2.45) is 0 Å². The highest BCUT2D eigenvalue weighted by molar-refractivity contribution is 6.34. The van der Waals surface area contributed by atoms with Gasteiger partial charge in [0.1, 0.15) is 12.4 Å². The Hall–Kier alpha value is -3.31. The largest absolute Gasteiger partial charge is 0.489 e. The van der Waals surface area contributed by atoms with Crippen LogP contribution in [0.3, 0.4) is 0 Å². The number of nitrogens with one attached hydrogen (secondary N) is 1. The van der Waals surface area contributed by atoms with Gasteiger partial charge >= 0.3 is 0 Å². The summed E-state index contributed by atoms with van der Waals surface area (Å²) in [5.74, 6) is 0.616. The van der Waals surface area contributed by atoms with Crippen LogP contribution in [0.5, 0.6) is 5.75 Å². The van der Waals surface area contributed by atoms with Gasteiger partial charge in [0.05, 0.1) is 10.7 Å². The molecule has 0 radical (unpaired) electrons. The Kier molecular flexibility index (Phi) is 6.00. The minimum absolute atomic E-state index is 0.0860. The van der Waals surface area contributed by atoms with Crippen molar-refractivity contribution in [1.29, 1.82) is 0 Å². The van der Waals surface area contributed by atoms with Crippen LogP contribution in [0.15, 0.2) is 72.8 Å². The van der Waals surface area contributed by atoms with Gasteiger partial charge in [-0.2, -0.15) is 0 Å². The van der Waals surface area contributed by atoms with Crippen LogP contribution in [0.25, 0.3) is 0 Å². The number of hydrogen-bond donors (Lipinski definition) is 1. The first-order valence-electron chi connectivity index (χ1n) is 9.78. The third kappa shape index (κ3) is 4.63. The van der Waals surface area contributed by atoms with E-state index in [0.29, 0.717) is 35.8 Å². The number of carbonyl (C=O) groups is 2.